The van der Waals surface area contributed by atoms with Gasteiger partial charge in [0.2, 0.25) is 0 Å². The molecule has 1 saturated carbocycles. The van der Waals surface area contributed by atoms with Crippen LogP contribution in [0.3, 0.4) is 0 Å². The number of amides is 1. The second-order valence-corrected chi connectivity index (χ2v) is 7.72. The van der Waals surface area contributed by atoms with Gasteiger partial charge in [-0.15, -0.1) is 10.2 Å². The van der Waals surface area contributed by atoms with Gasteiger partial charge in [-0.2, -0.15) is 0 Å². The molecule has 9 heteroatoms. The molecule has 0 unspecified atom stereocenters. The number of hydrogen-bond acceptors (Lipinski definition) is 7. The number of ether oxygens (including phenoxy) is 1. The van der Waals surface area contributed by atoms with Crippen LogP contribution in [0.4, 0.5) is 0 Å². The summed E-state index contributed by atoms with van der Waals surface area (Å²) in [6.45, 7) is 2.40. The highest BCUT2D eigenvalue weighted by Gasteiger charge is 2.23. The predicted molar refractivity (Wildman–Crippen MR) is 105 cm³/mol. The number of thioether (sulfide) groups is 1. The Kier molecular flexibility index (Phi) is 7.13. The lowest BCUT2D eigenvalue weighted by molar-refractivity contribution is -0.150. The lowest BCUT2D eigenvalue weighted by Gasteiger charge is -2.31. The zero-order chi connectivity index (χ0) is 19.9. The summed E-state index contributed by atoms with van der Waals surface area (Å²) < 4.78 is 12.4. The summed E-state index contributed by atoms with van der Waals surface area (Å²) in [5, 5.41) is 8.88. The van der Waals surface area contributed by atoms with Gasteiger partial charge in [-0.05, 0) is 31.9 Å². The normalized spacial score (nSPS) is 14.8. The number of furan rings is 1. The highest BCUT2D eigenvalue weighted by Crippen LogP contribution is 2.24. The number of esters is 1. The zero-order valence-electron chi connectivity index (χ0n) is 16.3. The van der Waals surface area contributed by atoms with Gasteiger partial charge in [0.25, 0.3) is 5.91 Å². The third kappa shape index (κ3) is 4.95. The summed E-state index contributed by atoms with van der Waals surface area (Å²) >= 11 is 1.23. The maximum atomic E-state index is 12.3. The third-order valence-electron chi connectivity index (χ3n) is 4.97. The molecule has 28 heavy (non-hydrogen) atoms. The van der Waals surface area contributed by atoms with Gasteiger partial charge in [-0.3, -0.25) is 14.2 Å². The Labute approximate surface area is 168 Å². The Morgan fingerprint density at radius 3 is 2.79 bits per heavy atom. The van der Waals surface area contributed by atoms with Crippen molar-refractivity contribution in [1.82, 2.24) is 19.7 Å². The van der Waals surface area contributed by atoms with Gasteiger partial charge < -0.3 is 14.1 Å². The van der Waals surface area contributed by atoms with Crippen LogP contribution in [0, 0.1) is 0 Å². The number of carbonyl (C=O) groups is 2. The Morgan fingerprint density at radius 1 is 1.32 bits per heavy atom. The molecule has 1 amide bonds. The number of likely N-dealkylation sites (N-methyl/N-ethyl adjacent to an activating group) is 1. The summed E-state index contributed by atoms with van der Waals surface area (Å²) in [4.78, 5) is 26.1. The third-order valence-corrected chi connectivity index (χ3v) is 5.91. The SMILES string of the molecule is CCn1c(SCC(=O)OCC(=O)N(C)C2CCCCC2)nnc1-c1ccco1. The molecule has 0 radical (unpaired) electrons. The van der Waals surface area contributed by atoms with Gasteiger partial charge in [0.15, 0.2) is 23.3 Å². The van der Waals surface area contributed by atoms with Crippen LogP contribution < -0.4 is 0 Å². The first-order valence-corrected chi connectivity index (χ1v) is 10.6. The van der Waals surface area contributed by atoms with E-state index in [1.54, 1.807) is 24.3 Å². The lowest BCUT2D eigenvalue weighted by Crippen LogP contribution is -2.40. The van der Waals surface area contributed by atoms with Gasteiger partial charge in [0, 0.05) is 19.6 Å². The molecule has 1 fully saturated rings. The minimum absolute atomic E-state index is 0.0662. The second-order valence-electron chi connectivity index (χ2n) is 6.77. The second kappa shape index (κ2) is 9.77. The molecule has 0 bridgehead atoms. The fourth-order valence-electron chi connectivity index (χ4n) is 3.35. The van der Waals surface area contributed by atoms with E-state index in [1.165, 1.54) is 18.2 Å². The predicted octanol–water partition coefficient (Wildman–Crippen LogP) is 2.98. The lowest BCUT2D eigenvalue weighted by atomic mass is 9.94. The molecule has 3 rings (SSSR count). The molecule has 1 aliphatic rings. The average Bonchev–Trinajstić information content (AvgIpc) is 3.39. The highest BCUT2D eigenvalue weighted by atomic mass is 32.2. The van der Waals surface area contributed by atoms with E-state index in [0.717, 1.165) is 25.7 Å². The van der Waals surface area contributed by atoms with E-state index in [4.69, 9.17) is 9.15 Å². The molecule has 0 aliphatic heterocycles. The highest BCUT2D eigenvalue weighted by molar-refractivity contribution is 7.99. The van der Waals surface area contributed by atoms with Crippen LogP contribution in [0.2, 0.25) is 0 Å². The smallest absolute Gasteiger partial charge is 0.316 e. The summed E-state index contributed by atoms with van der Waals surface area (Å²) in [7, 11) is 1.79. The van der Waals surface area contributed by atoms with Gasteiger partial charge in [0.05, 0.1) is 12.0 Å². The van der Waals surface area contributed by atoms with Crippen molar-refractivity contribution < 1.29 is 18.7 Å². The first-order valence-electron chi connectivity index (χ1n) is 9.61. The van der Waals surface area contributed by atoms with Gasteiger partial charge in [-0.1, -0.05) is 31.0 Å². The van der Waals surface area contributed by atoms with Crippen LogP contribution in [0.1, 0.15) is 39.0 Å². The Morgan fingerprint density at radius 2 is 2.11 bits per heavy atom. The zero-order valence-corrected chi connectivity index (χ0v) is 17.1. The molecule has 2 aromatic rings. The molecule has 1 aliphatic carbocycles. The average molecular weight is 407 g/mol. The Hall–Kier alpha value is -2.29. The van der Waals surface area contributed by atoms with Crippen molar-refractivity contribution in [3.05, 3.63) is 18.4 Å². The maximum Gasteiger partial charge on any atom is 0.316 e. The summed E-state index contributed by atoms with van der Waals surface area (Å²) in [6.07, 6.45) is 7.16. The first kappa shape index (κ1) is 20.4. The van der Waals surface area contributed by atoms with Crippen LogP contribution in [0.5, 0.6) is 0 Å². The maximum absolute atomic E-state index is 12.3. The van der Waals surface area contributed by atoms with E-state index in [-0.39, 0.29) is 24.3 Å². The summed E-state index contributed by atoms with van der Waals surface area (Å²) in [6, 6.07) is 3.86. The van der Waals surface area contributed by atoms with E-state index in [2.05, 4.69) is 10.2 Å². The molecule has 0 aromatic carbocycles. The van der Waals surface area contributed by atoms with Gasteiger partial charge in [0.1, 0.15) is 0 Å². The largest absolute Gasteiger partial charge is 0.461 e. The molecule has 0 spiro atoms. The van der Waals surface area contributed by atoms with E-state index in [9.17, 15) is 9.59 Å². The Balaban J connectivity index is 1.47. The van der Waals surface area contributed by atoms with Crippen molar-refractivity contribution in [1.29, 1.82) is 0 Å². The fraction of sp³-hybridized carbons (Fsp3) is 0.579. The quantitative estimate of drug-likeness (QED) is 0.492. The molecule has 2 heterocycles. The van der Waals surface area contributed by atoms with Crippen molar-refractivity contribution in [2.45, 2.75) is 56.8 Å². The topological polar surface area (TPSA) is 90.5 Å². The molecular formula is C19H26N4O4S. The van der Waals surface area contributed by atoms with Crippen LogP contribution in [-0.4, -0.2) is 57.0 Å². The number of carbonyl (C=O) groups excluding carboxylic acids is 2. The van der Waals surface area contributed by atoms with E-state index in [0.29, 0.717) is 23.3 Å². The Bertz CT molecular complexity index is 784. The molecule has 8 nitrogen and oxygen atoms in total. The van der Waals surface area contributed by atoms with Crippen LogP contribution >= 0.6 is 11.8 Å². The number of hydrogen-bond donors (Lipinski definition) is 0. The van der Waals surface area contributed by atoms with E-state index in [1.807, 2.05) is 17.6 Å². The van der Waals surface area contributed by atoms with Crippen LogP contribution in [0.25, 0.3) is 11.6 Å². The molecule has 0 saturated heterocycles. The minimum Gasteiger partial charge on any atom is -0.461 e. The molecule has 0 N–H and O–H groups in total. The fourth-order valence-corrected chi connectivity index (χ4v) is 4.15. The van der Waals surface area contributed by atoms with Crippen molar-refractivity contribution in [3.63, 3.8) is 0 Å². The molecule has 152 valence electrons. The van der Waals surface area contributed by atoms with Crippen molar-refractivity contribution in [3.8, 4) is 11.6 Å². The van der Waals surface area contributed by atoms with Crippen LogP contribution in [0.15, 0.2) is 28.0 Å². The first-order chi connectivity index (χ1) is 13.6. The van der Waals surface area contributed by atoms with Crippen molar-refractivity contribution in [2.75, 3.05) is 19.4 Å². The van der Waals surface area contributed by atoms with E-state index < -0.39 is 5.97 Å². The summed E-state index contributed by atoms with van der Waals surface area (Å²) in [5.74, 6) is 0.715. The van der Waals surface area contributed by atoms with Gasteiger partial charge >= 0.3 is 5.97 Å². The van der Waals surface area contributed by atoms with Crippen LogP contribution in [-0.2, 0) is 20.9 Å². The number of rotatable bonds is 8. The summed E-state index contributed by atoms with van der Waals surface area (Å²) in [5.41, 5.74) is 0. The minimum atomic E-state index is -0.444. The van der Waals surface area contributed by atoms with Crippen molar-refractivity contribution in [2.24, 2.45) is 0 Å². The number of nitrogens with zero attached hydrogens (tertiary/aromatic N) is 4. The monoisotopic (exact) mass is 406 g/mol. The van der Waals surface area contributed by atoms with Crippen molar-refractivity contribution >= 4 is 23.6 Å². The molecule has 0 atom stereocenters. The van der Waals surface area contributed by atoms with Gasteiger partial charge in [-0.25, -0.2) is 0 Å². The molecule has 2 aromatic heterocycles. The number of aromatic nitrogens is 3. The standard InChI is InChI=1S/C19H26N4O4S/c1-3-23-18(15-10-7-11-26-15)20-21-19(23)28-13-17(25)27-12-16(24)22(2)14-8-5-4-6-9-14/h7,10-11,14H,3-6,8-9,12-13H2,1-2H3. The van der Waals surface area contributed by atoms with E-state index >= 15 is 0 Å². The molecular weight excluding hydrogens is 380 g/mol.